The van der Waals surface area contributed by atoms with E-state index in [0.717, 1.165) is 22.9 Å². The Balaban J connectivity index is 1.80. The van der Waals surface area contributed by atoms with Crippen molar-refractivity contribution >= 4 is 21.8 Å². The first-order valence-corrected chi connectivity index (χ1v) is 7.79. The number of amides is 1. The van der Waals surface area contributed by atoms with E-state index < -0.39 is 6.10 Å². The van der Waals surface area contributed by atoms with Crippen LogP contribution in [0.1, 0.15) is 24.5 Å². The lowest BCUT2D eigenvalue weighted by atomic mass is 10.1. The van der Waals surface area contributed by atoms with Gasteiger partial charge < -0.3 is 10.1 Å². The summed E-state index contributed by atoms with van der Waals surface area (Å²) in [4.78, 5) is 12.4. The number of rotatable bonds is 5. The van der Waals surface area contributed by atoms with Crippen LogP contribution in [0, 0.1) is 0 Å². The molecule has 0 aliphatic heterocycles. The molecule has 0 heterocycles. The fourth-order valence-corrected chi connectivity index (χ4v) is 2.32. The third kappa shape index (κ3) is 3.85. The van der Waals surface area contributed by atoms with E-state index in [-0.39, 0.29) is 5.91 Å². The summed E-state index contributed by atoms with van der Waals surface area (Å²) in [6, 6.07) is 17.4. The van der Waals surface area contributed by atoms with Crippen molar-refractivity contribution in [1.29, 1.82) is 0 Å². The minimum absolute atomic E-state index is 0.0772. The quantitative estimate of drug-likeness (QED) is 0.893. The van der Waals surface area contributed by atoms with Gasteiger partial charge in [-0.3, -0.25) is 4.79 Å². The fourth-order valence-electron chi connectivity index (χ4n) is 2.05. The van der Waals surface area contributed by atoms with Gasteiger partial charge in [0.05, 0.1) is 0 Å². The predicted molar refractivity (Wildman–Crippen MR) is 85.1 cm³/mol. The summed E-state index contributed by atoms with van der Waals surface area (Å²) in [6.45, 7) is 0. The molecule has 0 bridgehead atoms. The molecule has 4 heteroatoms. The number of ether oxygens (including phenoxy) is 1. The van der Waals surface area contributed by atoms with Crippen molar-refractivity contribution in [1.82, 2.24) is 5.32 Å². The first kappa shape index (κ1) is 14.1. The molecule has 0 saturated heterocycles. The lowest BCUT2D eigenvalue weighted by Gasteiger charge is -2.19. The van der Waals surface area contributed by atoms with Crippen molar-refractivity contribution in [2.24, 2.45) is 0 Å². The van der Waals surface area contributed by atoms with Gasteiger partial charge in [0.1, 0.15) is 5.75 Å². The van der Waals surface area contributed by atoms with Gasteiger partial charge in [0.25, 0.3) is 5.91 Å². The Morgan fingerprint density at radius 1 is 1.10 bits per heavy atom. The number of hydrogen-bond acceptors (Lipinski definition) is 2. The average Bonchev–Trinajstić information content (AvgIpc) is 3.31. The lowest BCUT2D eigenvalue weighted by molar-refractivity contribution is -0.128. The van der Waals surface area contributed by atoms with Crippen molar-refractivity contribution in [3.8, 4) is 5.75 Å². The zero-order valence-corrected chi connectivity index (χ0v) is 13.0. The van der Waals surface area contributed by atoms with Gasteiger partial charge in [-0.2, -0.15) is 0 Å². The molecule has 1 aliphatic carbocycles. The SMILES string of the molecule is O=C(NC1CC1)[C@H](Oc1ccc(Br)cc1)c1ccccc1. The van der Waals surface area contributed by atoms with Crippen LogP contribution in [0.15, 0.2) is 59.1 Å². The van der Waals surface area contributed by atoms with Crippen molar-refractivity contribution in [3.05, 3.63) is 64.6 Å². The van der Waals surface area contributed by atoms with Crippen molar-refractivity contribution in [3.63, 3.8) is 0 Å². The molecular weight excluding hydrogens is 330 g/mol. The van der Waals surface area contributed by atoms with Gasteiger partial charge in [-0.15, -0.1) is 0 Å². The van der Waals surface area contributed by atoms with Gasteiger partial charge in [0, 0.05) is 16.1 Å². The van der Waals surface area contributed by atoms with Crippen LogP contribution in [0.5, 0.6) is 5.75 Å². The number of halogens is 1. The molecule has 0 unspecified atom stereocenters. The molecule has 0 spiro atoms. The first-order chi connectivity index (χ1) is 10.2. The largest absolute Gasteiger partial charge is 0.476 e. The highest BCUT2D eigenvalue weighted by Crippen LogP contribution is 2.26. The summed E-state index contributed by atoms with van der Waals surface area (Å²) in [7, 11) is 0. The number of carbonyl (C=O) groups excluding carboxylic acids is 1. The Labute approximate surface area is 132 Å². The van der Waals surface area contributed by atoms with Crippen LogP contribution in [0.25, 0.3) is 0 Å². The van der Waals surface area contributed by atoms with Gasteiger partial charge in [0.15, 0.2) is 0 Å². The highest BCUT2D eigenvalue weighted by Gasteiger charge is 2.29. The molecule has 0 radical (unpaired) electrons. The summed E-state index contributed by atoms with van der Waals surface area (Å²) in [5.74, 6) is 0.601. The van der Waals surface area contributed by atoms with Gasteiger partial charge in [0.2, 0.25) is 6.10 Å². The van der Waals surface area contributed by atoms with Crippen LogP contribution in [0.4, 0.5) is 0 Å². The molecule has 1 fully saturated rings. The van der Waals surface area contributed by atoms with E-state index >= 15 is 0 Å². The van der Waals surface area contributed by atoms with Crippen molar-refractivity contribution in [2.75, 3.05) is 0 Å². The van der Waals surface area contributed by atoms with E-state index in [9.17, 15) is 4.79 Å². The monoisotopic (exact) mass is 345 g/mol. The van der Waals surface area contributed by atoms with Gasteiger partial charge in [-0.1, -0.05) is 46.3 Å². The zero-order valence-electron chi connectivity index (χ0n) is 11.5. The summed E-state index contributed by atoms with van der Waals surface area (Å²) >= 11 is 3.39. The second-order valence-corrected chi connectivity index (χ2v) is 6.06. The van der Waals surface area contributed by atoms with Crippen molar-refractivity contribution < 1.29 is 9.53 Å². The molecule has 21 heavy (non-hydrogen) atoms. The first-order valence-electron chi connectivity index (χ1n) is 7.00. The molecule has 2 aromatic carbocycles. The van der Waals surface area contributed by atoms with Crippen LogP contribution >= 0.6 is 15.9 Å². The second kappa shape index (κ2) is 6.31. The maximum absolute atomic E-state index is 12.4. The Hall–Kier alpha value is -1.81. The fraction of sp³-hybridized carbons (Fsp3) is 0.235. The minimum atomic E-state index is -0.618. The van der Waals surface area contributed by atoms with Crippen LogP contribution in [-0.2, 0) is 4.79 Å². The maximum Gasteiger partial charge on any atom is 0.266 e. The van der Waals surface area contributed by atoms with Crippen LogP contribution < -0.4 is 10.1 Å². The summed E-state index contributed by atoms with van der Waals surface area (Å²) in [5, 5.41) is 3.01. The third-order valence-corrected chi connectivity index (χ3v) is 3.86. The Bertz CT molecular complexity index is 608. The second-order valence-electron chi connectivity index (χ2n) is 5.15. The molecule has 1 atom stereocenters. The molecule has 108 valence electrons. The van der Waals surface area contributed by atoms with E-state index in [1.54, 1.807) is 0 Å². The van der Waals surface area contributed by atoms with Crippen LogP contribution in [-0.4, -0.2) is 11.9 Å². The van der Waals surface area contributed by atoms with Crippen LogP contribution in [0.3, 0.4) is 0 Å². The summed E-state index contributed by atoms with van der Waals surface area (Å²) < 4.78 is 6.89. The van der Waals surface area contributed by atoms with Crippen molar-refractivity contribution in [2.45, 2.75) is 25.0 Å². The maximum atomic E-state index is 12.4. The van der Waals surface area contributed by atoms with Gasteiger partial charge in [-0.05, 0) is 37.1 Å². The molecule has 3 nitrogen and oxygen atoms in total. The highest BCUT2D eigenvalue weighted by molar-refractivity contribution is 9.10. The normalized spacial score (nSPS) is 15.3. The summed E-state index contributed by atoms with van der Waals surface area (Å²) in [5.41, 5.74) is 0.860. The Morgan fingerprint density at radius 2 is 1.76 bits per heavy atom. The number of hydrogen-bond donors (Lipinski definition) is 1. The average molecular weight is 346 g/mol. The molecule has 1 amide bonds. The van der Waals surface area contributed by atoms with Crippen LogP contribution in [0.2, 0.25) is 0 Å². The molecular formula is C17H16BrNO2. The molecule has 1 saturated carbocycles. The smallest absolute Gasteiger partial charge is 0.266 e. The minimum Gasteiger partial charge on any atom is -0.476 e. The number of nitrogens with one attached hydrogen (secondary N) is 1. The zero-order chi connectivity index (χ0) is 14.7. The molecule has 1 N–H and O–H groups in total. The summed E-state index contributed by atoms with van der Waals surface area (Å²) in [6.07, 6.45) is 1.50. The van der Waals surface area contributed by atoms with E-state index in [1.165, 1.54) is 0 Å². The molecule has 3 rings (SSSR count). The lowest BCUT2D eigenvalue weighted by Crippen LogP contribution is -2.33. The number of benzene rings is 2. The molecule has 2 aromatic rings. The Kier molecular flexibility index (Phi) is 4.25. The highest BCUT2D eigenvalue weighted by atomic mass is 79.9. The van der Waals surface area contributed by atoms with Gasteiger partial charge in [-0.25, -0.2) is 0 Å². The molecule has 1 aliphatic rings. The molecule has 0 aromatic heterocycles. The van der Waals surface area contributed by atoms with Gasteiger partial charge >= 0.3 is 0 Å². The van der Waals surface area contributed by atoms with E-state index in [4.69, 9.17) is 4.74 Å². The standard InChI is InChI=1S/C17H16BrNO2/c18-13-6-10-15(11-7-13)21-16(12-4-2-1-3-5-12)17(20)19-14-8-9-14/h1-7,10-11,14,16H,8-9H2,(H,19,20)/t16-/m1/s1. The third-order valence-electron chi connectivity index (χ3n) is 3.33. The van der Waals surface area contributed by atoms with E-state index in [0.29, 0.717) is 11.8 Å². The topological polar surface area (TPSA) is 38.3 Å². The number of carbonyl (C=O) groups is 1. The van der Waals surface area contributed by atoms with E-state index in [2.05, 4.69) is 21.2 Å². The Morgan fingerprint density at radius 3 is 2.38 bits per heavy atom. The van der Waals surface area contributed by atoms with E-state index in [1.807, 2.05) is 54.6 Å². The predicted octanol–water partition coefficient (Wildman–Crippen LogP) is 3.85.